The third-order valence-electron chi connectivity index (χ3n) is 2.71. The van der Waals surface area contributed by atoms with Crippen LogP contribution in [0.25, 0.3) is 0 Å². The Labute approximate surface area is 96.8 Å². The zero-order chi connectivity index (χ0) is 11.1. The summed E-state index contributed by atoms with van der Waals surface area (Å²) in [6.45, 7) is 5.24. The molecule has 1 fully saturated rings. The van der Waals surface area contributed by atoms with E-state index in [4.69, 9.17) is 0 Å². The Morgan fingerprint density at radius 2 is 2.40 bits per heavy atom. The van der Waals surface area contributed by atoms with Crippen LogP contribution in [-0.2, 0) is 4.79 Å². The first-order valence-corrected chi connectivity index (χ1v) is 7.04. The van der Waals surface area contributed by atoms with Crippen LogP contribution in [0.15, 0.2) is 0 Å². The number of amides is 1. The van der Waals surface area contributed by atoms with Gasteiger partial charge in [-0.1, -0.05) is 20.3 Å². The van der Waals surface area contributed by atoms with Crippen molar-refractivity contribution in [3.8, 4) is 0 Å². The van der Waals surface area contributed by atoms with E-state index in [0.29, 0.717) is 6.04 Å². The number of hydrogen-bond donors (Lipinski definition) is 2. The Balaban J connectivity index is 2.31. The number of carbonyl (C=O) groups excluding carboxylic acids is 1. The average molecular weight is 230 g/mol. The monoisotopic (exact) mass is 230 g/mol. The van der Waals surface area contributed by atoms with E-state index in [1.165, 1.54) is 0 Å². The summed E-state index contributed by atoms with van der Waals surface area (Å²) >= 11 is 1.86. The molecule has 4 heteroatoms. The molecule has 1 rings (SSSR count). The van der Waals surface area contributed by atoms with Crippen molar-refractivity contribution in [3.63, 3.8) is 0 Å². The van der Waals surface area contributed by atoms with Gasteiger partial charge in [-0.2, -0.15) is 11.8 Å². The average Bonchev–Trinajstić information content (AvgIpc) is 2.29. The Hall–Kier alpha value is -0.220. The molecule has 88 valence electrons. The summed E-state index contributed by atoms with van der Waals surface area (Å²) in [4.78, 5) is 11.9. The largest absolute Gasteiger partial charge is 0.352 e. The Morgan fingerprint density at radius 1 is 1.60 bits per heavy atom. The highest BCUT2D eigenvalue weighted by molar-refractivity contribution is 7.99. The second-order valence-corrected chi connectivity index (χ2v) is 5.13. The van der Waals surface area contributed by atoms with Crippen LogP contribution in [0, 0.1) is 0 Å². The van der Waals surface area contributed by atoms with Crippen molar-refractivity contribution >= 4 is 17.7 Å². The van der Waals surface area contributed by atoms with E-state index < -0.39 is 0 Å². The molecule has 0 aromatic heterocycles. The summed E-state index contributed by atoms with van der Waals surface area (Å²) in [6.07, 6.45) is 3.24. The SMILES string of the molecule is CCCC(CC)NC(=O)C1CSCCN1. The van der Waals surface area contributed by atoms with E-state index in [0.717, 1.165) is 37.3 Å². The maximum Gasteiger partial charge on any atom is 0.238 e. The Kier molecular flexibility index (Phi) is 6.10. The topological polar surface area (TPSA) is 41.1 Å². The lowest BCUT2D eigenvalue weighted by Crippen LogP contribution is -2.51. The molecule has 1 aliphatic rings. The highest BCUT2D eigenvalue weighted by atomic mass is 32.2. The number of hydrogen-bond acceptors (Lipinski definition) is 3. The smallest absolute Gasteiger partial charge is 0.238 e. The van der Waals surface area contributed by atoms with Gasteiger partial charge in [-0.15, -0.1) is 0 Å². The van der Waals surface area contributed by atoms with Crippen molar-refractivity contribution in [2.45, 2.75) is 45.2 Å². The third-order valence-corrected chi connectivity index (χ3v) is 3.78. The summed E-state index contributed by atoms with van der Waals surface area (Å²) in [5.74, 6) is 2.21. The quantitative estimate of drug-likeness (QED) is 0.750. The Morgan fingerprint density at radius 3 is 2.93 bits per heavy atom. The van der Waals surface area contributed by atoms with Gasteiger partial charge in [0.2, 0.25) is 5.91 Å². The van der Waals surface area contributed by atoms with Gasteiger partial charge in [-0.05, 0) is 12.8 Å². The van der Waals surface area contributed by atoms with E-state index in [1.54, 1.807) is 0 Å². The minimum atomic E-state index is 0.0228. The first kappa shape index (κ1) is 12.8. The molecule has 2 unspecified atom stereocenters. The molecule has 0 aliphatic carbocycles. The molecule has 0 saturated carbocycles. The van der Waals surface area contributed by atoms with Gasteiger partial charge in [0.25, 0.3) is 0 Å². The first-order chi connectivity index (χ1) is 7.27. The summed E-state index contributed by atoms with van der Waals surface area (Å²) in [7, 11) is 0. The fourth-order valence-electron chi connectivity index (χ4n) is 1.76. The van der Waals surface area contributed by atoms with Gasteiger partial charge in [-0.3, -0.25) is 4.79 Å². The molecule has 1 heterocycles. The molecule has 2 atom stereocenters. The number of thioether (sulfide) groups is 1. The van der Waals surface area contributed by atoms with E-state index >= 15 is 0 Å². The maximum absolute atomic E-state index is 11.9. The van der Waals surface area contributed by atoms with Gasteiger partial charge < -0.3 is 10.6 Å². The summed E-state index contributed by atoms with van der Waals surface area (Å²) in [5, 5.41) is 6.38. The molecule has 0 aromatic carbocycles. The van der Waals surface area contributed by atoms with Gasteiger partial charge in [0.05, 0.1) is 6.04 Å². The van der Waals surface area contributed by atoms with Gasteiger partial charge >= 0.3 is 0 Å². The number of nitrogens with one attached hydrogen (secondary N) is 2. The fourth-order valence-corrected chi connectivity index (χ4v) is 2.70. The Bertz CT molecular complexity index is 193. The lowest BCUT2D eigenvalue weighted by atomic mass is 10.1. The minimum Gasteiger partial charge on any atom is -0.352 e. The second-order valence-electron chi connectivity index (χ2n) is 3.98. The zero-order valence-electron chi connectivity index (χ0n) is 9.71. The van der Waals surface area contributed by atoms with Gasteiger partial charge in [0.15, 0.2) is 0 Å². The molecule has 1 saturated heterocycles. The lowest BCUT2D eigenvalue weighted by molar-refractivity contribution is -0.123. The summed E-state index contributed by atoms with van der Waals surface area (Å²) in [6, 6.07) is 0.380. The first-order valence-electron chi connectivity index (χ1n) is 5.89. The van der Waals surface area contributed by atoms with Gasteiger partial charge in [-0.25, -0.2) is 0 Å². The van der Waals surface area contributed by atoms with E-state index in [2.05, 4.69) is 24.5 Å². The van der Waals surface area contributed by atoms with E-state index in [-0.39, 0.29) is 11.9 Å². The molecular formula is C11H22N2OS. The number of rotatable bonds is 5. The zero-order valence-corrected chi connectivity index (χ0v) is 10.5. The van der Waals surface area contributed by atoms with Crippen molar-refractivity contribution in [1.29, 1.82) is 0 Å². The summed E-state index contributed by atoms with van der Waals surface area (Å²) in [5.41, 5.74) is 0. The van der Waals surface area contributed by atoms with Crippen LogP contribution in [0.4, 0.5) is 0 Å². The molecule has 1 aliphatic heterocycles. The van der Waals surface area contributed by atoms with Crippen LogP contribution in [-0.4, -0.2) is 36.0 Å². The fraction of sp³-hybridized carbons (Fsp3) is 0.909. The molecule has 0 aromatic rings. The van der Waals surface area contributed by atoms with Gasteiger partial charge in [0, 0.05) is 24.1 Å². The molecule has 15 heavy (non-hydrogen) atoms. The predicted octanol–water partition coefficient (Wildman–Crippen LogP) is 1.39. The maximum atomic E-state index is 11.9. The van der Waals surface area contributed by atoms with Crippen LogP contribution in [0.5, 0.6) is 0 Å². The standard InChI is InChI=1S/C11H22N2OS/c1-3-5-9(4-2)13-11(14)10-8-15-7-6-12-10/h9-10,12H,3-8H2,1-2H3,(H,13,14). The summed E-state index contributed by atoms with van der Waals surface area (Å²) < 4.78 is 0. The predicted molar refractivity (Wildman–Crippen MR) is 66.2 cm³/mol. The molecule has 0 spiro atoms. The van der Waals surface area contributed by atoms with Crippen LogP contribution < -0.4 is 10.6 Å². The second kappa shape index (κ2) is 7.12. The minimum absolute atomic E-state index is 0.0228. The van der Waals surface area contributed by atoms with Crippen molar-refractivity contribution in [2.75, 3.05) is 18.1 Å². The van der Waals surface area contributed by atoms with Crippen LogP contribution in [0.3, 0.4) is 0 Å². The number of carbonyl (C=O) groups is 1. The molecular weight excluding hydrogens is 208 g/mol. The van der Waals surface area contributed by atoms with Gasteiger partial charge in [0.1, 0.15) is 0 Å². The van der Waals surface area contributed by atoms with Crippen molar-refractivity contribution in [2.24, 2.45) is 0 Å². The molecule has 3 nitrogen and oxygen atoms in total. The van der Waals surface area contributed by atoms with Crippen molar-refractivity contribution < 1.29 is 4.79 Å². The van der Waals surface area contributed by atoms with E-state index in [9.17, 15) is 4.79 Å². The van der Waals surface area contributed by atoms with Crippen molar-refractivity contribution in [1.82, 2.24) is 10.6 Å². The highest BCUT2D eigenvalue weighted by Crippen LogP contribution is 2.09. The molecule has 1 amide bonds. The highest BCUT2D eigenvalue weighted by Gasteiger charge is 2.22. The van der Waals surface area contributed by atoms with E-state index in [1.807, 2.05) is 11.8 Å². The van der Waals surface area contributed by atoms with Crippen LogP contribution in [0.2, 0.25) is 0 Å². The van der Waals surface area contributed by atoms with Crippen LogP contribution in [0.1, 0.15) is 33.1 Å². The third kappa shape index (κ3) is 4.43. The molecule has 0 radical (unpaired) electrons. The normalized spacial score (nSPS) is 23.5. The lowest BCUT2D eigenvalue weighted by Gasteiger charge is -2.25. The molecule has 0 bridgehead atoms. The molecule has 2 N–H and O–H groups in total. The van der Waals surface area contributed by atoms with Crippen molar-refractivity contribution in [3.05, 3.63) is 0 Å². The van der Waals surface area contributed by atoms with Crippen LogP contribution >= 0.6 is 11.8 Å².